The molecular formula is C14H11BrCl2N2S. The molecule has 0 aliphatic rings. The Balaban J connectivity index is 2.51. The smallest absolute Gasteiger partial charge is 0.106 e. The maximum atomic E-state index is 6.29. The quantitative estimate of drug-likeness (QED) is 0.686. The number of thiocarbonyl (C=S) groups is 1. The van der Waals surface area contributed by atoms with Gasteiger partial charge < -0.3 is 11.1 Å². The van der Waals surface area contributed by atoms with Gasteiger partial charge in [0.25, 0.3) is 0 Å². The van der Waals surface area contributed by atoms with Gasteiger partial charge in [-0.05, 0) is 36.8 Å². The van der Waals surface area contributed by atoms with E-state index in [4.69, 9.17) is 41.2 Å². The second kappa shape index (κ2) is 6.31. The Kier molecular flexibility index (Phi) is 4.91. The average molecular weight is 390 g/mol. The van der Waals surface area contributed by atoms with E-state index < -0.39 is 0 Å². The van der Waals surface area contributed by atoms with Crippen LogP contribution in [0, 0.1) is 6.92 Å². The summed E-state index contributed by atoms with van der Waals surface area (Å²) in [5, 5.41) is 4.32. The third-order valence-corrected chi connectivity index (χ3v) is 4.31. The lowest BCUT2D eigenvalue weighted by Crippen LogP contribution is -2.12. The Morgan fingerprint density at radius 2 is 1.95 bits per heavy atom. The molecule has 0 unspecified atom stereocenters. The molecule has 0 aliphatic carbocycles. The molecule has 0 fully saturated rings. The van der Waals surface area contributed by atoms with Crippen LogP contribution in [0.2, 0.25) is 10.0 Å². The molecule has 2 rings (SSSR count). The van der Waals surface area contributed by atoms with Crippen molar-refractivity contribution in [3.8, 4) is 0 Å². The van der Waals surface area contributed by atoms with Crippen molar-refractivity contribution < 1.29 is 0 Å². The van der Waals surface area contributed by atoms with Crippen LogP contribution >= 0.6 is 51.3 Å². The predicted octanol–water partition coefficient (Wildman–Crippen LogP) is 5.44. The van der Waals surface area contributed by atoms with Crippen molar-refractivity contribution >= 4 is 67.7 Å². The number of aryl methyl sites for hydroxylation is 1. The fraction of sp³-hybridized carbons (Fsp3) is 0.0714. The molecule has 104 valence electrons. The Morgan fingerprint density at radius 3 is 2.60 bits per heavy atom. The first kappa shape index (κ1) is 15.6. The lowest BCUT2D eigenvalue weighted by molar-refractivity contribution is 1.44. The first-order valence-corrected chi connectivity index (χ1v) is 7.67. The number of rotatable bonds is 3. The topological polar surface area (TPSA) is 38.0 Å². The number of anilines is 2. The molecule has 0 radical (unpaired) electrons. The van der Waals surface area contributed by atoms with E-state index >= 15 is 0 Å². The van der Waals surface area contributed by atoms with Crippen molar-refractivity contribution in [3.05, 3.63) is 56.0 Å². The molecule has 0 atom stereocenters. The van der Waals surface area contributed by atoms with Gasteiger partial charge in [0.15, 0.2) is 0 Å². The van der Waals surface area contributed by atoms with Crippen LogP contribution in [0.1, 0.15) is 11.1 Å². The van der Waals surface area contributed by atoms with Crippen LogP contribution < -0.4 is 11.1 Å². The van der Waals surface area contributed by atoms with Crippen molar-refractivity contribution in [2.75, 3.05) is 5.32 Å². The molecule has 6 heteroatoms. The number of benzene rings is 2. The van der Waals surface area contributed by atoms with E-state index in [0.717, 1.165) is 21.3 Å². The molecule has 2 nitrogen and oxygen atoms in total. The molecule has 0 bridgehead atoms. The minimum atomic E-state index is 0.300. The molecule has 0 saturated heterocycles. The van der Waals surface area contributed by atoms with Crippen molar-refractivity contribution in [3.63, 3.8) is 0 Å². The minimum absolute atomic E-state index is 0.300. The highest BCUT2D eigenvalue weighted by molar-refractivity contribution is 9.10. The molecule has 0 amide bonds. The van der Waals surface area contributed by atoms with Crippen LogP contribution in [0.4, 0.5) is 11.4 Å². The van der Waals surface area contributed by atoms with E-state index in [0.29, 0.717) is 20.7 Å². The van der Waals surface area contributed by atoms with Gasteiger partial charge in [0.05, 0.1) is 15.7 Å². The van der Waals surface area contributed by atoms with Gasteiger partial charge in [-0.2, -0.15) is 0 Å². The molecular weight excluding hydrogens is 379 g/mol. The number of halogens is 3. The maximum absolute atomic E-state index is 6.29. The summed E-state index contributed by atoms with van der Waals surface area (Å²) in [5.74, 6) is 0. The number of hydrogen-bond donors (Lipinski definition) is 2. The standard InChI is InChI=1S/C14H11BrCl2N2S/c1-7-2-4-10(16)13(12(7)17)19-11-5-3-8(15)6-9(11)14(18)20/h2-6,19H,1H3,(H2,18,20). The molecule has 20 heavy (non-hydrogen) atoms. The number of nitrogens with one attached hydrogen (secondary N) is 1. The van der Waals surface area contributed by atoms with Gasteiger partial charge in [0.2, 0.25) is 0 Å². The highest BCUT2D eigenvalue weighted by Gasteiger charge is 2.12. The molecule has 0 spiro atoms. The maximum Gasteiger partial charge on any atom is 0.106 e. The van der Waals surface area contributed by atoms with Crippen LogP contribution in [0.5, 0.6) is 0 Å². The molecule has 0 saturated carbocycles. The van der Waals surface area contributed by atoms with E-state index in [2.05, 4.69) is 21.2 Å². The Labute approximate surface area is 141 Å². The summed E-state index contributed by atoms with van der Waals surface area (Å²) in [6.07, 6.45) is 0. The normalized spacial score (nSPS) is 10.4. The van der Waals surface area contributed by atoms with Gasteiger partial charge in [0, 0.05) is 15.7 Å². The van der Waals surface area contributed by atoms with E-state index in [-0.39, 0.29) is 0 Å². The Hall–Kier alpha value is -0.810. The third-order valence-electron chi connectivity index (χ3n) is 2.79. The Morgan fingerprint density at radius 1 is 1.25 bits per heavy atom. The summed E-state index contributed by atoms with van der Waals surface area (Å²) >= 11 is 20.9. The lowest BCUT2D eigenvalue weighted by Gasteiger charge is -2.15. The molecule has 0 heterocycles. The van der Waals surface area contributed by atoms with Gasteiger partial charge in [-0.3, -0.25) is 0 Å². The van der Waals surface area contributed by atoms with E-state index in [1.54, 1.807) is 6.07 Å². The van der Waals surface area contributed by atoms with Crippen LogP contribution in [0.15, 0.2) is 34.8 Å². The molecule has 0 aromatic heterocycles. The van der Waals surface area contributed by atoms with Crippen LogP contribution in [-0.2, 0) is 0 Å². The third kappa shape index (κ3) is 3.26. The first-order valence-electron chi connectivity index (χ1n) is 5.71. The summed E-state index contributed by atoms with van der Waals surface area (Å²) in [6, 6.07) is 9.27. The summed E-state index contributed by atoms with van der Waals surface area (Å²) in [6.45, 7) is 1.92. The van der Waals surface area contributed by atoms with Gasteiger partial charge in [-0.1, -0.05) is 57.4 Å². The van der Waals surface area contributed by atoms with Gasteiger partial charge >= 0.3 is 0 Å². The van der Waals surface area contributed by atoms with Crippen LogP contribution in [-0.4, -0.2) is 4.99 Å². The predicted molar refractivity (Wildman–Crippen MR) is 94.5 cm³/mol. The van der Waals surface area contributed by atoms with Crippen molar-refractivity contribution in [1.82, 2.24) is 0 Å². The fourth-order valence-corrected chi connectivity index (χ4v) is 2.73. The average Bonchev–Trinajstić information content (AvgIpc) is 2.40. The molecule has 3 N–H and O–H groups in total. The lowest BCUT2D eigenvalue weighted by atomic mass is 10.1. The SMILES string of the molecule is Cc1ccc(Cl)c(Nc2ccc(Br)cc2C(N)=S)c1Cl. The minimum Gasteiger partial charge on any atom is -0.389 e. The monoisotopic (exact) mass is 388 g/mol. The zero-order valence-corrected chi connectivity index (χ0v) is 14.4. The number of hydrogen-bond acceptors (Lipinski definition) is 2. The van der Waals surface area contributed by atoms with Crippen molar-refractivity contribution in [2.24, 2.45) is 5.73 Å². The molecule has 2 aromatic carbocycles. The summed E-state index contributed by atoms with van der Waals surface area (Å²) in [4.78, 5) is 0.300. The summed E-state index contributed by atoms with van der Waals surface area (Å²) < 4.78 is 0.896. The Bertz CT molecular complexity index is 689. The molecule has 2 aromatic rings. The first-order chi connectivity index (χ1) is 9.40. The van der Waals surface area contributed by atoms with Crippen LogP contribution in [0.3, 0.4) is 0 Å². The van der Waals surface area contributed by atoms with Gasteiger partial charge in [-0.25, -0.2) is 0 Å². The summed E-state index contributed by atoms with van der Waals surface area (Å²) in [5.41, 5.74) is 8.82. The zero-order chi connectivity index (χ0) is 14.9. The number of nitrogens with two attached hydrogens (primary N) is 1. The highest BCUT2D eigenvalue weighted by atomic mass is 79.9. The highest BCUT2D eigenvalue weighted by Crippen LogP contribution is 2.36. The van der Waals surface area contributed by atoms with E-state index in [1.165, 1.54) is 0 Å². The van der Waals surface area contributed by atoms with E-state index in [1.807, 2.05) is 31.2 Å². The van der Waals surface area contributed by atoms with Crippen molar-refractivity contribution in [2.45, 2.75) is 6.92 Å². The van der Waals surface area contributed by atoms with E-state index in [9.17, 15) is 0 Å². The zero-order valence-electron chi connectivity index (χ0n) is 10.5. The second-order valence-electron chi connectivity index (χ2n) is 4.23. The largest absolute Gasteiger partial charge is 0.389 e. The van der Waals surface area contributed by atoms with Crippen LogP contribution in [0.25, 0.3) is 0 Å². The van der Waals surface area contributed by atoms with Gasteiger partial charge in [-0.15, -0.1) is 0 Å². The molecule has 0 aliphatic heterocycles. The fourth-order valence-electron chi connectivity index (χ4n) is 1.74. The second-order valence-corrected chi connectivity index (χ2v) is 6.37. The summed E-state index contributed by atoms with van der Waals surface area (Å²) in [7, 11) is 0. The van der Waals surface area contributed by atoms with Gasteiger partial charge in [0.1, 0.15) is 4.99 Å². The van der Waals surface area contributed by atoms with Crippen molar-refractivity contribution in [1.29, 1.82) is 0 Å².